The number of hydrogen-bond acceptors (Lipinski definition) is 3. The Hall–Kier alpha value is -2.15. The molecular formula is C13H17FN2O4. The molecule has 6 nitrogen and oxygen atoms in total. The highest BCUT2D eigenvalue weighted by Crippen LogP contribution is 2.15. The summed E-state index contributed by atoms with van der Waals surface area (Å²) in [6.07, 6.45) is -1.61. The Morgan fingerprint density at radius 1 is 1.35 bits per heavy atom. The molecule has 0 saturated heterocycles. The summed E-state index contributed by atoms with van der Waals surface area (Å²) >= 11 is 0. The first-order valence-electron chi connectivity index (χ1n) is 6.11. The Morgan fingerprint density at radius 3 is 2.60 bits per heavy atom. The number of nitrogens with one attached hydrogen (secondary N) is 2. The average molecular weight is 284 g/mol. The van der Waals surface area contributed by atoms with Crippen molar-refractivity contribution < 1.29 is 24.2 Å². The Balaban J connectivity index is 2.39. The maximum absolute atomic E-state index is 13.5. The highest BCUT2D eigenvalue weighted by atomic mass is 19.1. The predicted octanol–water partition coefficient (Wildman–Crippen LogP) is 1.02. The SMILES string of the molecule is CC(NC(=O)NCCC(O)C(=O)O)c1ccccc1F. The summed E-state index contributed by atoms with van der Waals surface area (Å²) in [5.74, 6) is -1.76. The van der Waals surface area contributed by atoms with E-state index in [2.05, 4.69) is 10.6 Å². The van der Waals surface area contributed by atoms with Crippen molar-refractivity contribution >= 4 is 12.0 Å². The van der Waals surface area contributed by atoms with E-state index in [0.717, 1.165) is 0 Å². The van der Waals surface area contributed by atoms with Crippen LogP contribution in [0, 0.1) is 5.82 Å². The van der Waals surface area contributed by atoms with Gasteiger partial charge in [-0.2, -0.15) is 0 Å². The van der Waals surface area contributed by atoms with Crippen LogP contribution in [0.2, 0.25) is 0 Å². The van der Waals surface area contributed by atoms with Gasteiger partial charge in [0.25, 0.3) is 0 Å². The van der Waals surface area contributed by atoms with Gasteiger partial charge in [-0.15, -0.1) is 0 Å². The lowest BCUT2D eigenvalue weighted by Crippen LogP contribution is -2.39. The van der Waals surface area contributed by atoms with Crippen molar-refractivity contribution in [3.05, 3.63) is 35.6 Å². The van der Waals surface area contributed by atoms with Crippen LogP contribution in [0.5, 0.6) is 0 Å². The Labute approximate surface area is 115 Å². The number of carboxylic acids is 1. The van der Waals surface area contributed by atoms with Crippen molar-refractivity contribution in [3.8, 4) is 0 Å². The number of carbonyl (C=O) groups is 2. The fourth-order valence-electron chi connectivity index (χ4n) is 1.60. The van der Waals surface area contributed by atoms with Gasteiger partial charge in [-0.3, -0.25) is 0 Å². The minimum absolute atomic E-state index is 0.00327. The molecule has 0 spiro atoms. The molecule has 1 aromatic rings. The van der Waals surface area contributed by atoms with E-state index in [-0.39, 0.29) is 13.0 Å². The van der Waals surface area contributed by atoms with Gasteiger partial charge in [-0.25, -0.2) is 14.0 Å². The number of halogens is 1. The molecular weight excluding hydrogens is 267 g/mol. The molecule has 4 N–H and O–H groups in total. The molecule has 1 rings (SSSR count). The predicted molar refractivity (Wildman–Crippen MR) is 69.6 cm³/mol. The highest BCUT2D eigenvalue weighted by Gasteiger charge is 2.15. The second kappa shape index (κ2) is 7.44. The van der Waals surface area contributed by atoms with Crippen LogP contribution >= 0.6 is 0 Å². The third-order valence-electron chi connectivity index (χ3n) is 2.71. The van der Waals surface area contributed by atoms with Crippen LogP contribution in [0.15, 0.2) is 24.3 Å². The summed E-state index contributed by atoms with van der Waals surface area (Å²) in [5, 5.41) is 22.4. The molecule has 0 aromatic heterocycles. The molecule has 110 valence electrons. The average Bonchev–Trinajstić information content (AvgIpc) is 2.38. The number of hydrogen-bond donors (Lipinski definition) is 4. The summed E-state index contributed by atoms with van der Waals surface area (Å²) in [6.45, 7) is 1.63. The molecule has 0 aliphatic rings. The lowest BCUT2D eigenvalue weighted by molar-refractivity contribution is -0.146. The monoisotopic (exact) mass is 284 g/mol. The van der Waals surface area contributed by atoms with E-state index >= 15 is 0 Å². The standard InChI is InChI=1S/C13H17FN2O4/c1-8(9-4-2-3-5-10(9)14)16-13(20)15-7-6-11(17)12(18)19/h2-5,8,11,17H,6-7H2,1H3,(H,18,19)(H2,15,16,20). The van der Waals surface area contributed by atoms with Gasteiger partial charge < -0.3 is 20.8 Å². The lowest BCUT2D eigenvalue weighted by Gasteiger charge is -2.16. The van der Waals surface area contributed by atoms with Crippen LogP contribution in [0.1, 0.15) is 24.9 Å². The van der Waals surface area contributed by atoms with E-state index in [4.69, 9.17) is 10.2 Å². The molecule has 0 bridgehead atoms. The first-order valence-corrected chi connectivity index (χ1v) is 6.11. The Bertz CT molecular complexity index is 481. The maximum atomic E-state index is 13.5. The second-order valence-electron chi connectivity index (χ2n) is 4.29. The zero-order valence-corrected chi connectivity index (χ0v) is 11.0. The van der Waals surface area contributed by atoms with Gasteiger partial charge in [0, 0.05) is 18.5 Å². The first kappa shape index (κ1) is 15.9. The zero-order chi connectivity index (χ0) is 15.1. The molecule has 20 heavy (non-hydrogen) atoms. The van der Waals surface area contributed by atoms with Crippen LogP contribution in [-0.4, -0.2) is 34.9 Å². The summed E-state index contributed by atoms with van der Waals surface area (Å²) in [5.41, 5.74) is 0.355. The van der Waals surface area contributed by atoms with Crippen molar-refractivity contribution in [2.45, 2.75) is 25.5 Å². The number of carboxylic acid groups (broad SMARTS) is 1. The van der Waals surface area contributed by atoms with E-state index in [1.54, 1.807) is 25.1 Å². The minimum atomic E-state index is -1.51. The number of urea groups is 1. The quantitative estimate of drug-likeness (QED) is 0.627. The highest BCUT2D eigenvalue weighted by molar-refractivity contribution is 5.75. The molecule has 0 saturated carbocycles. The van der Waals surface area contributed by atoms with Gasteiger partial charge >= 0.3 is 12.0 Å². The molecule has 1 aromatic carbocycles. The van der Waals surface area contributed by atoms with Crippen LogP contribution < -0.4 is 10.6 Å². The van der Waals surface area contributed by atoms with E-state index in [0.29, 0.717) is 5.56 Å². The van der Waals surface area contributed by atoms with Gasteiger partial charge in [0.1, 0.15) is 5.82 Å². The molecule has 7 heteroatoms. The van der Waals surface area contributed by atoms with E-state index in [1.165, 1.54) is 6.07 Å². The fourth-order valence-corrected chi connectivity index (χ4v) is 1.60. The minimum Gasteiger partial charge on any atom is -0.479 e. The van der Waals surface area contributed by atoms with Gasteiger partial charge in [0.05, 0.1) is 6.04 Å². The molecule has 2 unspecified atom stereocenters. The van der Waals surface area contributed by atoms with Gasteiger partial charge in [0.15, 0.2) is 6.10 Å². The molecule has 0 aliphatic heterocycles. The molecule has 0 radical (unpaired) electrons. The van der Waals surface area contributed by atoms with Crippen LogP contribution in [-0.2, 0) is 4.79 Å². The van der Waals surface area contributed by atoms with E-state index in [1.807, 2.05) is 0 Å². The fraction of sp³-hybridized carbons (Fsp3) is 0.385. The largest absolute Gasteiger partial charge is 0.479 e. The number of aliphatic carboxylic acids is 1. The molecule has 0 fully saturated rings. The van der Waals surface area contributed by atoms with E-state index < -0.39 is 30.0 Å². The second-order valence-corrected chi connectivity index (χ2v) is 4.29. The van der Waals surface area contributed by atoms with Gasteiger partial charge in [-0.05, 0) is 13.0 Å². The van der Waals surface area contributed by atoms with Gasteiger partial charge in [-0.1, -0.05) is 18.2 Å². The number of carbonyl (C=O) groups excluding carboxylic acids is 1. The van der Waals surface area contributed by atoms with Crippen LogP contribution in [0.25, 0.3) is 0 Å². The van der Waals surface area contributed by atoms with Crippen molar-refractivity contribution in [1.29, 1.82) is 0 Å². The zero-order valence-electron chi connectivity index (χ0n) is 11.0. The lowest BCUT2D eigenvalue weighted by atomic mass is 10.1. The molecule has 0 heterocycles. The number of aliphatic hydroxyl groups is 1. The van der Waals surface area contributed by atoms with Crippen LogP contribution in [0.4, 0.5) is 9.18 Å². The summed E-state index contributed by atoms with van der Waals surface area (Å²) in [6, 6.07) is 5.00. The Kier molecular flexibility index (Phi) is 5.92. The topological polar surface area (TPSA) is 98.7 Å². The van der Waals surface area contributed by atoms with E-state index in [9.17, 15) is 14.0 Å². The number of rotatable bonds is 6. The van der Waals surface area contributed by atoms with Crippen molar-refractivity contribution in [3.63, 3.8) is 0 Å². The van der Waals surface area contributed by atoms with Crippen molar-refractivity contribution in [1.82, 2.24) is 10.6 Å². The van der Waals surface area contributed by atoms with Gasteiger partial charge in [0.2, 0.25) is 0 Å². The number of amides is 2. The maximum Gasteiger partial charge on any atom is 0.332 e. The normalized spacial score (nSPS) is 13.3. The summed E-state index contributed by atoms with van der Waals surface area (Å²) in [7, 11) is 0. The third kappa shape index (κ3) is 4.85. The third-order valence-corrected chi connectivity index (χ3v) is 2.71. The number of aliphatic hydroxyl groups excluding tert-OH is 1. The first-order chi connectivity index (χ1) is 9.41. The number of benzene rings is 1. The van der Waals surface area contributed by atoms with Crippen molar-refractivity contribution in [2.75, 3.05) is 6.54 Å². The smallest absolute Gasteiger partial charge is 0.332 e. The Morgan fingerprint density at radius 2 is 2.00 bits per heavy atom. The molecule has 0 aliphatic carbocycles. The summed E-state index contributed by atoms with van der Waals surface area (Å²) < 4.78 is 13.5. The molecule has 2 amide bonds. The molecule has 2 atom stereocenters. The summed E-state index contributed by atoms with van der Waals surface area (Å²) in [4.78, 5) is 21.9. The van der Waals surface area contributed by atoms with Crippen molar-refractivity contribution in [2.24, 2.45) is 0 Å². The van der Waals surface area contributed by atoms with Crippen LogP contribution in [0.3, 0.4) is 0 Å².